The van der Waals surface area contributed by atoms with E-state index >= 15 is 0 Å². The minimum absolute atomic E-state index is 0.0229. The second-order valence-corrected chi connectivity index (χ2v) is 4.59. The molecule has 0 fully saturated rings. The molecule has 1 heterocycles. The first-order chi connectivity index (χ1) is 6.56. The Morgan fingerprint density at radius 2 is 2.21 bits per heavy atom. The molecule has 0 saturated heterocycles. The summed E-state index contributed by atoms with van der Waals surface area (Å²) in [6.07, 6.45) is 1.15. The van der Waals surface area contributed by atoms with Crippen LogP contribution in [0.3, 0.4) is 0 Å². The van der Waals surface area contributed by atoms with Gasteiger partial charge in [-0.25, -0.2) is 18.1 Å². The quantitative estimate of drug-likeness (QED) is 0.722. The van der Waals surface area contributed by atoms with Crippen LogP contribution < -0.4 is 4.72 Å². The molecule has 2 N–H and O–H groups in total. The minimum atomic E-state index is -3.57. The lowest BCUT2D eigenvalue weighted by Gasteiger charge is -2.03. The van der Waals surface area contributed by atoms with E-state index in [9.17, 15) is 8.42 Å². The Kier molecular flexibility index (Phi) is 3.82. The standard InChI is InChI=1S/C7H9ClN2O3S/c8-7-2-1-6(5-9-7)14(12,13)10-3-4-11/h1-2,5,10-11H,3-4H2. The molecule has 0 aliphatic heterocycles. The molecule has 0 radical (unpaired) electrons. The SMILES string of the molecule is O=S(=O)(NCCO)c1ccc(Cl)nc1. The molecule has 7 heteroatoms. The molecule has 0 amide bonds. The molecular formula is C7H9ClN2O3S. The summed E-state index contributed by atoms with van der Waals surface area (Å²) in [6.45, 7) is -0.273. The number of rotatable bonds is 4. The largest absolute Gasteiger partial charge is 0.395 e. The first-order valence-electron chi connectivity index (χ1n) is 3.78. The van der Waals surface area contributed by atoms with Crippen LogP contribution in [0.1, 0.15) is 0 Å². The Hall–Kier alpha value is -0.690. The Morgan fingerprint density at radius 3 is 2.71 bits per heavy atom. The molecule has 0 bridgehead atoms. The predicted octanol–water partition coefficient (Wildman–Crippen LogP) is 0.00560. The molecular weight excluding hydrogens is 228 g/mol. The zero-order valence-electron chi connectivity index (χ0n) is 7.14. The van der Waals surface area contributed by atoms with Crippen molar-refractivity contribution in [3.8, 4) is 0 Å². The normalized spacial score (nSPS) is 11.6. The van der Waals surface area contributed by atoms with Gasteiger partial charge in [0.2, 0.25) is 10.0 Å². The molecule has 0 aliphatic carbocycles. The summed E-state index contributed by atoms with van der Waals surface area (Å²) in [5.41, 5.74) is 0. The number of aliphatic hydroxyl groups excluding tert-OH is 1. The van der Waals surface area contributed by atoms with E-state index in [1.165, 1.54) is 12.1 Å². The van der Waals surface area contributed by atoms with Crippen molar-refractivity contribution >= 4 is 21.6 Å². The van der Waals surface area contributed by atoms with Crippen molar-refractivity contribution in [2.75, 3.05) is 13.2 Å². The van der Waals surface area contributed by atoms with Gasteiger partial charge in [0, 0.05) is 12.7 Å². The maximum atomic E-state index is 11.4. The van der Waals surface area contributed by atoms with E-state index in [2.05, 4.69) is 9.71 Å². The lowest BCUT2D eigenvalue weighted by Crippen LogP contribution is -2.26. The van der Waals surface area contributed by atoms with Gasteiger partial charge in [0.05, 0.1) is 6.61 Å². The molecule has 78 valence electrons. The Bertz CT molecular complexity index is 390. The highest BCUT2D eigenvalue weighted by molar-refractivity contribution is 7.89. The topological polar surface area (TPSA) is 79.3 Å². The molecule has 0 spiro atoms. The Labute approximate surface area is 86.8 Å². The van der Waals surface area contributed by atoms with E-state index in [4.69, 9.17) is 16.7 Å². The van der Waals surface area contributed by atoms with Crippen LogP contribution in [0.4, 0.5) is 0 Å². The van der Waals surface area contributed by atoms with Gasteiger partial charge in [-0.15, -0.1) is 0 Å². The lowest BCUT2D eigenvalue weighted by molar-refractivity contribution is 0.301. The van der Waals surface area contributed by atoms with Gasteiger partial charge in [-0.05, 0) is 12.1 Å². The fraction of sp³-hybridized carbons (Fsp3) is 0.286. The number of hydrogen-bond donors (Lipinski definition) is 2. The van der Waals surface area contributed by atoms with Crippen LogP contribution in [0.2, 0.25) is 5.15 Å². The first-order valence-corrected chi connectivity index (χ1v) is 5.64. The van der Waals surface area contributed by atoms with Crippen molar-refractivity contribution in [1.29, 1.82) is 0 Å². The number of sulfonamides is 1. The van der Waals surface area contributed by atoms with Crippen LogP contribution in [-0.2, 0) is 10.0 Å². The molecule has 0 unspecified atom stereocenters. The smallest absolute Gasteiger partial charge is 0.242 e. The van der Waals surface area contributed by atoms with E-state index in [-0.39, 0.29) is 23.2 Å². The van der Waals surface area contributed by atoms with Crippen molar-refractivity contribution in [2.24, 2.45) is 0 Å². The van der Waals surface area contributed by atoms with Crippen LogP contribution in [0.15, 0.2) is 23.2 Å². The van der Waals surface area contributed by atoms with Crippen LogP contribution in [-0.4, -0.2) is 31.7 Å². The number of nitrogens with one attached hydrogen (secondary N) is 1. The van der Waals surface area contributed by atoms with E-state index in [0.717, 1.165) is 6.20 Å². The highest BCUT2D eigenvalue weighted by Gasteiger charge is 2.12. The molecule has 0 aromatic carbocycles. The highest BCUT2D eigenvalue weighted by atomic mass is 35.5. The van der Waals surface area contributed by atoms with Gasteiger partial charge in [-0.3, -0.25) is 0 Å². The molecule has 0 saturated carbocycles. The first kappa shape index (κ1) is 11.4. The summed E-state index contributed by atoms with van der Waals surface area (Å²) in [6, 6.07) is 2.73. The number of aliphatic hydroxyl groups is 1. The molecule has 0 atom stereocenters. The summed E-state index contributed by atoms with van der Waals surface area (Å²) in [7, 11) is -3.57. The van der Waals surface area contributed by atoms with Crippen LogP contribution in [0.5, 0.6) is 0 Å². The van der Waals surface area contributed by atoms with E-state index in [1.54, 1.807) is 0 Å². The summed E-state index contributed by atoms with van der Waals surface area (Å²) in [4.78, 5) is 3.66. The predicted molar refractivity (Wildman–Crippen MR) is 51.5 cm³/mol. The van der Waals surface area contributed by atoms with Gasteiger partial charge >= 0.3 is 0 Å². The average molecular weight is 237 g/mol. The Balaban J connectivity index is 2.87. The van der Waals surface area contributed by atoms with Crippen molar-refractivity contribution in [3.63, 3.8) is 0 Å². The van der Waals surface area contributed by atoms with Gasteiger partial charge in [0.15, 0.2) is 0 Å². The van der Waals surface area contributed by atoms with Crippen molar-refractivity contribution in [1.82, 2.24) is 9.71 Å². The lowest BCUT2D eigenvalue weighted by atomic mass is 10.5. The summed E-state index contributed by atoms with van der Waals surface area (Å²) >= 11 is 5.50. The van der Waals surface area contributed by atoms with Gasteiger partial charge in [-0.2, -0.15) is 0 Å². The van der Waals surface area contributed by atoms with E-state index < -0.39 is 10.0 Å². The molecule has 14 heavy (non-hydrogen) atoms. The third kappa shape index (κ3) is 2.91. The van der Waals surface area contributed by atoms with Crippen molar-refractivity contribution < 1.29 is 13.5 Å². The van der Waals surface area contributed by atoms with E-state index in [1.807, 2.05) is 0 Å². The fourth-order valence-corrected chi connectivity index (χ4v) is 1.86. The fourth-order valence-electron chi connectivity index (χ4n) is 0.785. The number of pyridine rings is 1. The van der Waals surface area contributed by atoms with Crippen molar-refractivity contribution in [2.45, 2.75) is 4.90 Å². The second-order valence-electron chi connectivity index (χ2n) is 2.44. The van der Waals surface area contributed by atoms with Gasteiger partial charge < -0.3 is 5.11 Å². The molecule has 5 nitrogen and oxygen atoms in total. The van der Waals surface area contributed by atoms with Crippen molar-refractivity contribution in [3.05, 3.63) is 23.5 Å². The van der Waals surface area contributed by atoms with Crippen LogP contribution >= 0.6 is 11.6 Å². The average Bonchev–Trinajstić information content (AvgIpc) is 2.16. The number of hydrogen-bond acceptors (Lipinski definition) is 4. The zero-order chi connectivity index (χ0) is 10.6. The maximum absolute atomic E-state index is 11.4. The third-order valence-electron chi connectivity index (χ3n) is 1.41. The number of aromatic nitrogens is 1. The van der Waals surface area contributed by atoms with Gasteiger partial charge in [-0.1, -0.05) is 11.6 Å². The van der Waals surface area contributed by atoms with Gasteiger partial charge in [0.25, 0.3) is 0 Å². The second kappa shape index (κ2) is 4.70. The minimum Gasteiger partial charge on any atom is -0.395 e. The summed E-state index contributed by atoms with van der Waals surface area (Å²) in [5, 5.41) is 8.68. The number of halogens is 1. The number of nitrogens with zero attached hydrogens (tertiary/aromatic N) is 1. The highest BCUT2D eigenvalue weighted by Crippen LogP contribution is 2.09. The Morgan fingerprint density at radius 1 is 1.50 bits per heavy atom. The van der Waals surface area contributed by atoms with Gasteiger partial charge in [0.1, 0.15) is 10.0 Å². The molecule has 1 aromatic rings. The van der Waals surface area contributed by atoms with Crippen LogP contribution in [0, 0.1) is 0 Å². The third-order valence-corrected chi connectivity index (χ3v) is 3.08. The van der Waals surface area contributed by atoms with E-state index in [0.29, 0.717) is 0 Å². The molecule has 0 aliphatic rings. The molecule has 1 aromatic heterocycles. The maximum Gasteiger partial charge on any atom is 0.242 e. The van der Waals surface area contributed by atoms with Crippen LogP contribution in [0.25, 0.3) is 0 Å². The monoisotopic (exact) mass is 236 g/mol. The zero-order valence-corrected chi connectivity index (χ0v) is 8.72. The summed E-state index contributed by atoms with van der Waals surface area (Å²) in [5.74, 6) is 0. The summed E-state index contributed by atoms with van der Waals surface area (Å²) < 4.78 is 25.0. The molecule has 1 rings (SSSR count).